The lowest BCUT2D eigenvalue weighted by atomic mass is 10.1. The van der Waals surface area contributed by atoms with Gasteiger partial charge in [0.15, 0.2) is 18.1 Å². The van der Waals surface area contributed by atoms with Gasteiger partial charge in [-0.2, -0.15) is 0 Å². The number of likely N-dealkylation sites (tertiary alicyclic amines) is 1. The molecule has 0 radical (unpaired) electrons. The Balaban J connectivity index is 1.64. The van der Waals surface area contributed by atoms with E-state index in [9.17, 15) is 14.4 Å². The molecule has 2 aliphatic rings. The molecule has 2 saturated heterocycles. The van der Waals surface area contributed by atoms with Gasteiger partial charge in [0.05, 0.1) is 12.0 Å². The van der Waals surface area contributed by atoms with Crippen molar-refractivity contribution in [2.45, 2.75) is 32.1 Å². The van der Waals surface area contributed by atoms with Crippen LogP contribution in [0.15, 0.2) is 23.1 Å². The van der Waals surface area contributed by atoms with Crippen molar-refractivity contribution in [3.63, 3.8) is 0 Å². The third-order valence-corrected chi connectivity index (χ3v) is 6.57. The summed E-state index contributed by atoms with van der Waals surface area (Å²) in [5.74, 6) is -0.268. The van der Waals surface area contributed by atoms with Crippen molar-refractivity contribution in [3.05, 3.63) is 28.7 Å². The summed E-state index contributed by atoms with van der Waals surface area (Å²) in [5, 5.41) is 8.78. The van der Waals surface area contributed by atoms with Crippen LogP contribution in [0, 0.1) is 0 Å². The van der Waals surface area contributed by atoms with E-state index in [0.717, 1.165) is 37.9 Å². The smallest absolute Gasteiger partial charge is 0.303 e. The molecule has 0 atom stereocenters. The van der Waals surface area contributed by atoms with Crippen LogP contribution in [0.1, 0.15) is 37.7 Å². The lowest BCUT2D eigenvalue weighted by Crippen LogP contribution is -2.38. The zero-order valence-electron chi connectivity index (χ0n) is 17.9. The Bertz CT molecular complexity index is 927. The molecule has 32 heavy (non-hydrogen) atoms. The van der Waals surface area contributed by atoms with Crippen molar-refractivity contribution in [2.24, 2.45) is 0 Å². The lowest BCUT2D eigenvalue weighted by molar-refractivity contribution is -0.137. The molecule has 2 aliphatic heterocycles. The molecule has 1 aromatic rings. The van der Waals surface area contributed by atoms with Crippen LogP contribution < -0.4 is 9.47 Å². The zero-order valence-corrected chi connectivity index (χ0v) is 19.5. The van der Waals surface area contributed by atoms with Gasteiger partial charge in [0, 0.05) is 26.1 Å². The predicted octanol–water partition coefficient (Wildman–Crippen LogP) is 3.15. The second-order valence-corrected chi connectivity index (χ2v) is 9.15. The summed E-state index contributed by atoms with van der Waals surface area (Å²) >= 11 is 6.45. The molecule has 0 unspecified atom stereocenters. The van der Waals surface area contributed by atoms with Crippen LogP contribution in [-0.2, 0) is 14.4 Å². The molecule has 0 aromatic heterocycles. The van der Waals surface area contributed by atoms with Crippen LogP contribution in [0.4, 0.5) is 0 Å². The van der Waals surface area contributed by atoms with E-state index in [1.807, 2.05) is 4.90 Å². The van der Waals surface area contributed by atoms with E-state index in [1.165, 1.54) is 23.8 Å². The summed E-state index contributed by atoms with van der Waals surface area (Å²) in [4.78, 5) is 39.4. The topological polar surface area (TPSA) is 96.4 Å². The number of benzene rings is 1. The van der Waals surface area contributed by atoms with E-state index < -0.39 is 5.97 Å². The van der Waals surface area contributed by atoms with Crippen LogP contribution >= 0.6 is 24.0 Å². The fourth-order valence-electron chi connectivity index (χ4n) is 3.50. The predicted molar refractivity (Wildman–Crippen MR) is 126 cm³/mol. The van der Waals surface area contributed by atoms with Gasteiger partial charge in [-0.05, 0) is 49.5 Å². The van der Waals surface area contributed by atoms with E-state index in [2.05, 4.69) is 0 Å². The number of thiocarbonyl (C=S) groups is 1. The molecule has 0 saturated carbocycles. The number of carbonyl (C=O) groups is 3. The van der Waals surface area contributed by atoms with Crippen molar-refractivity contribution in [1.29, 1.82) is 0 Å². The van der Waals surface area contributed by atoms with Crippen molar-refractivity contribution < 1.29 is 29.0 Å². The monoisotopic (exact) mass is 478 g/mol. The van der Waals surface area contributed by atoms with Gasteiger partial charge >= 0.3 is 5.97 Å². The number of hydrogen-bond acceptors (Lipinski definition) is 7. The number of carboxylic acids is 1. The first-order chi connectivity index (χ1) is 15.4. The average Bonchev–Trinajstić information content (AvgIpc) is 3.05. The molecule has 2 fully saturated rings. The lowest BCUT2D eigenvalue weighted by Gasteiger charge is -2.26. The number of hydrogen-bond donors (Lipinski definition) is 1. The molecule has 8 nitrogen and oxygen atoms in total. The van der Waals surface area contributed by atoms with E-state index in [4.69, 9.17) is 26.8 Å². The Morgan fingerprint density at radius 2 is 1.97 bits per heavy atom. The molecule has 172 valence electrons. The normalized spacial score (nSPS) is 17.7. The van der Waals surface area contributed by atoms with Crippen molar-refractivity contribution in [1.82, 2.24) is 9.80 Å². The van der Waals surface area contributed by atoms with E-state index in [0.29, 0.717) is 27.1 Å². The van der Waals surface area contributed by atoms with Crippen LogP contribution in [0.5, 0.6) is 11.5 Å². The molecule has 0 aliphatic carbocycles. The van der Waals surface area contributed by atoms with Crippen molar-refractivity contribution in [3.8, 4) is 11.5 Å². The molecule has 3 rings (SSSR count). The summed E-state index contributed by atoms with van der Waals surface area (Å²) in [5.41, 5.74) is 0.725. The summed E-state index contributed by atoms with van der Waals surface area (Å²) in [6, 6.07) is 5.22. The van der Waals surface area contributed by atoms with Gasteiger partial charge in [0.25, 0.3) is 11.8 Å². The maximum Gasteiger partial charge on any atom is 0.303 e. The minimum absolute atomic E-state index is 0.0188. The summed E-state index contributed by atoms with van der Waals surface area (Å²) in [7, 11) is 1.51. The van der Waals surface area contributed by atoms with Gasteiger partial charge in [-0.25, -0.2) is 0 Å². The van der Waals surface area contributed by atoms with Gasteiger partial charge in [0.1, 0.15) is 4.32 Å². The Kier molecular flexibility index (Phi) is 8.52. The van der Waals surface area contributed by atoms with Crippen molar-refractivity contribution in [2.75, 3.05) is 33.4 Å². The first-order valence-corrected chi connectivity index (χ1v) is 11.7. The SMILES string of the molecule is COc1cc(/C=C2/SC(=S)N(CCCC(=O)O)C2=O)ccc1OCC(=O)N1CCCCC1. The van der Waals surface area contributed by atoms with E-state index in [-0.39, 0.29) is 31.4 Å². The third kappa shape index (κ3) is 6.23. The van der Waals surface area contributed by atoms with Crippen molar-refractivity contribution >= 4 is 52.2 Å². The number of methoxy groups -OCH3 is 1. The van der Waals surface area contributed by atoms with Crippen LogP contribution in [0.25, 0.3) is 6.08 Å². The number of nitrogens with zero attached hydrogens (tertiary/aromatic N) is 2. The van der Waals surface area contributed by atoms with Gasteiger partial charge in [-0.3, -0.25) is 19.3 Å². The maximum absolute atomic E-state index is 12.6. The fraction of sp³-hybridized carbons (Fsp3) is 0.455. The Labute approximate surface area is 196 Å². The molecule has 1 aromatic carbocycles. The quantitative estimate of drug-likeness (QED) is 0.427. The minimum Gasteiger partial charge on any atom is -0.493 e. The van der Waals surface area contributed by atoms with Gasteiger partial charge in [0.2, 0.25) is 0 Å². The third-order valence-electron chi connectivity index (χ3n) is 5.19. The van der Waals surface area contributed by atoms with Gasteiger partial charge in [-0.1, -0.05) is 30.0 Å². The Hall–Kier alpha value is -2.59. The van der Waals surface area contributed by atoms with E-state index >= 15 is 0 Å². The molecular weight excluding hydrogens is 452 g/mol. The molecule has 2 heterocycles. The highest BCUT2D eigenvalue weighted by Crippen LogP contribution is 2.35. The molecule has 1 N–H and O–H groups in total. The number of carboxylic acid groups (broad SMARTS) is 1. The second-order valence-electron chi connectivity index (χ2n) is 7.47. The Morgan fingerprint density at radius 1 is 1.22 bits per heavy atom. The summed E-state index contributed by atoms with van der Waals surface area (Å²) in [6.45, 7) is 1.76. The summed E-state index contributed by atoms with van der Waals surface area (Å²) < 4.78 is 11.5. The number of piperidine rings is 1. The number of ether oxygens (including phenoxy) is 2. The highest BCUT2D eigenvalue weighted by atomic mass is 32.2. The Morgan fingerprint density at radius 3 is 2.66 bits per heavy atom. The highest BCUT2D eigenvalue weighted by molar-refractivity contribution is 8.26. The summed E-state index contributed by atoms with van der Waals surface area (Å²) in [6.07, 6.45) is 5.23. The maximum atomic E-state index is 12.6. The highest BCUT2D eigenvalue weighted by Gasteiger charge is 2.31. The fourth-order valence-corrected chi connectivity index (χ4v) is 4.81. The minimum atomic E-state index is -0.905. The largest absolute Gasteiger partial charge is 0.493 e. The molecular formula is C22H26N2O6S2. The molecule has 10 heteroatoms. The first-order valence-electron chi connectivity index (χ1n) is 10.4. The molecule has 0 spiro atoms. The van der Waals surface area contributed by atoms with Crippen LogP contribution in [-0.4, -0.2) is 70.4 Å². The number of aliphatic carboxylic acids is 1. The average molecular weight is 479 g/mol. The zero-order chi connectivity index (χ0) is 23.1. The van der Waals surface area contributed by atoms with Gasteiger partial charge < -0.3 is 19.5 Å². The van der Waals surface area contributed by atoms with E-state index in [1.54, 1.807) is 24.3 Å². The second kappa shape index (κ2) is 11.3. The number of amides is 2. The number of thioether (sulfide) groups is 1. The standard InChI is InChI=1S/C22H26N2O6S2/c1-29-17-12-15(7-8-16(17)30-14-19(25)23-9-3-2-4-10-23)13-18-21(28)24(22(31)32-18)11-5-6-20(26)27/h7-8,12-13H,2-6,9-11,14H2,1H3,(H,26,27)/b18-13+. The molecule has 0 bridgehead atoms. The van der Waals surface area contributed by atoms with Crippen LogP contribution in [0.3, 0.4) is 0 Å². The number of carbonyl (C=O) groups excluding carboxylic acids is 2. The number of rotatable bonds is 9. The van der Waals surface area contributed by atoms with Crippen LogP contribution in [0.2, 0.25) is 0 Å². The first kappa shape index (κ1) is 24.1. The molecule has 2 amide bonds. The van der Waals surface area contributed by atoms with Gasteiger partial charge in [-0.15, -0.1) is 0 Å².